The molecule has 0 unspecified atom stereocenters. The second kappa shape index (κ2) is 8.93. The highest BCUT2D eigenvalue weighted by Crippen LogP contribution is 2.31. The molecule has 1 atom stereocenters. The molecule has 10 heteroatoms. The molecule has 1 saturated heterocycles. The average molecular weight is 438 g/mol. The van der Waals surface area contributed by atoms with Gasteiger partial charge in [-0.2, -0.15) is 4.31 Å². The molecule has 3 rings (SSSR count). The van der Waals surface area contributed by atoms with E-state index in [1.807, 2.05) is 6.92 Å². The standard InChI is InChI=1S/C19H23N3O5S2/c1-13-6-3-4-10-22(13)29(25,26)17-12-14(8-9-15(17)27-2)18(23)20-21-19(24)16-7-5-11-28-16/h5,7-9,11-13H,3-4,6,10H2,1-2H3,(H,20,23)(H,21,24)/t13-/m1/s1. The van der Waals surface area contributed by atoms with Gasteiger partial charge in [0.15, 0.2) is 0 Å². The van der Waals surface area contributed by atoms with Crippen LogP contribution in [0.15, 0.2) is 40.6 Å². The first-order valence-electron chi connectivity index (χ1n) is 9.18. The third-order valence-electron chi connectivity index (χ3n) is 4.79. The third kappa shape index (κ3) is 4.60. The topological polar surface area (TPSA) is 105 Å². The van der Waals surface area contributed by atoms with Gasteiger partial charge in [-0.25, -0.2) is 8.42 Å². The molecule has 0 saturated carbocycles. The molecule has 156 valence electrons. The Morgan fingerprint density at radius 3 is 2.59 bits per heavy atom. The van der Waals surface area contributed by atoms with E-state index in [0.29, 0.717) is 11.4 Å². The molecule has 2 heterocycles. The average Bonchev–Trinajstić information content (AvgIpc) is 3.26. The molecule has 29 heavy (non-hydrogen) atoms. The van der Waals surface area contributed by atoms with Gasteiger partial charge < -0.3 is 4.74 Å². The van der Waals surface area contributed by atoms with Crippen molar-refractivity contribution in [3.05, 3.63) is 46.2 Å². The summed E-state index contributed by atoms with van der Waals surface area (Å²) in [5.74, 6) is -0.903. The van der Waals surface area contributed by atoms with Gasteiger partial charge in [-0.15, -0.1) is 11.3 Å². The summed E-state index contributed by atoms with van der Waals surface area (Å²) in [7, 11) is -2.45. The summed E-state index contributed by atoms with van der Waals surface area (Å²) in [5, 5.41) is 1.75. The van der Waals surface area contributed by atoms with Gasteiger partial charge in [0.1, 0.15) is 10.6 Å². The summed E-state index contributed by atoms with van der Waals surface area (Å²) in [6.07, 6.45) is 2.56. The molecule has 2 amide bonds. The SMILES string of the molecule is COc1ccc(C(=O)NNC(=O)c2cccs2)cc1S(=O)(=O)N1CCCC[C@H]1C. The van der Waals surface area contributed by atoms with Crippen LogP contribution in [0.25, 0.3) is 0 Å². The molecule has 1 aliphatic rings. The Labute approximate surface area is 173 Å². The number of carbonyl (C=O) groups excluding carboxylic acids is 2. The molecule has 1 fully saturated rings. The first-order valence-corrected chi connectivity index (χ1v) is 11.5. The van der Waals surface area contributed by atoms with E-state index in [4.69, 9.17) is 4.74 Å². The van der Waals surface area contributed by atoms with Gasteiger partial charge in [-0.3, -0.25) is 20.4 Å². The second-order valence-corrected chi connectivity index (χ2v) is 9.52. The highest BCUT2D eigenvalue weighted by Gasteiger charge is 2.33. The zero-order chi connectivity index (χ0) is 21.0. The van der Waals surface area contributed by atoms with E-state index in [9.17, 15) is 18.0 Å². The van der Waals surface area contributed by atoms with Crippen LogP contribution in [-0.4, -0.2) is 44.2 Å². The zero-order valence-electron chi connectivity index (χ0n) is 16.2. The van der Waals surface area contributed by atoms with Crippen molar-refractivity contribution in [3.8, 4) is 5.75 Å². The van der Waals surface area contributed by atoms with E-state index < -0.39 is 21.8 Å². The highest BCUT2D eigenvalue weighted by atomic mass is 32.2. The highest BCUT2D eigenvalue weighted by molar-refractivity contribution is 7.89. The summed E-state index contributed by atoms with van der Waals surface area (Å²) >= 11 is 1.24. The monoisotopic (exact) mass is 437 g/mol. The molecular weight excluding hydrogens is 414 g/mol. The van der Waals surface area contributed by atoms with Crippen molar-refractivity contribution in [2.75, 3.05) is 13.7 Å². The smallest absolute Gasteiger partial charge is 0.279 e. The minimum Gasteiger partial charge on any atom is -0.495 e. The number of piperidine rings is 1. The summed E-state index contributed by atoms with van der Waals surface area (Å²) in [6, 6.07) is 7.40. The van der Waals surface area contributed by atoms with Crippen LogP contribution in [0.1, 0.15) is 46.2 Å². The predicted molar refractivity (Wildman–Crippen MR) is 109 cm³/mol. The lowest BCUT2D eigenvalue weighted by molar-refractivity contribution is 0.0848. The van der Waals surface area contributed by atoms with Crippen LogP contribution in [0, 0.1) is 0 Å². The van der Waals surface area contributed by atoms with Crippen molar-refractivity contribution >= 4 is 33.2 Å². The zero-order valence-corrected chi connectivity index (χ0v) is 17.8. The molecule has 1 aliphatic heterocycles. The fraction of sp³-hybridized carbons (Fsp3) is 0.368. The van der Waals surface area contributed by atoms with Crippen LogP contribution in [0.5, 0.6) is 5.75 Å². The van der Waals surface area contributed by atoms with Gasteiger partial charge in [0.25, 0.3) is 11.8 Å². The van der Waals surface area contributed by atoms with Crippen molar-refractivity contribution in [2.24, 2.45) is 0 Å². The summed E-state index contributed by atoms with van der Waals surface area (Å²) < 4.78 is 33.1. The number of benzene rings is 1. The molecule has 8 nitrogen and oxygen atoms in total. The number of nitrogens with one attached hydrogen (secondary N) is 2. The third-order valence-corrected chi connectivity index (χ3v) is 7.69. The largest absolute Gasteiger partial charge is 0.495 e. The van der Waals surface area contributed by atoms with Crippen molar-refractivity contribution in [1.82, 2.24) is 15.2 Å². The summed E-state index contributed by atoms with van der Waals surface area (Å²) in [4.78, 5) is 24.8. The van der Waals surface area contributed by atoms with E-state index in [2.05, 4.69) is 10.9 Å². The number of carbonyl (C=O) groups is 2. The van der Waals surface area contributed by atoms with Crippen LogP contribution in [0.3, 0.4) is 0 Å². The molecule has 0 radical (unpaired) electrons. The van der Waals surface area contributed by atoms with Crippen LogP contribution in [0.4, 0.5) is 0 Å². The van der Waals surface area contributed by atoms with E-state index in [-0.39, 0.29) is 22.3 Å². The first-order chi connectivity index (χ1) is 13.8. The lowest BCUT2D eigenvalue weighted by atomic mass is 10.1. The molecule has 0 spiro atoms. The van der Waals surface area contributed by atoms with Crippen LogP contribution < -0.4 is 15.6 Å². The molecule has 2 N–H and O–H groups in total. The Balaban J connectivity index is 1.82. The van der Waals surface area contributed by atoms with E-state index in [0.717, 1.165) is 19.3 Å². The van der Waals surface area contributed by atoms with Crippen molar-refractivity contribution in [1.29, 1.82) is 0 Å². The van der Waals surface area contributed by atoms with Gasteiger partial charge in [0.05, 0.1) is 12.0 Å². The fourth-order valence-electron chi connectivity index (χ4n) is 3.23. The molecule has 2 aromatic rings. The van der Waals surface area contributed by atoms with Crippen molar-refractivity contribution in [3.63, 3.8) is 0 Å². The molecule has 0 bridgehead atoms. The normalized spacial score (nSPS) is 17.5. The number of ether oxygens (including phenoxy) is 1. The first kappa shape index (κ1) is 21.3. The Hall–Kier alpha value is -2.43. The minimum atomic E-state index is -3.83. The van der Waals surface area contributed by atoms with Gasteiger partial charge in [0, 0.05) is 18.2 Å². The summed E-state index contributed by atoms with van der Waals surface area (Å²) in [5.41, 5.74) is 4.73. The van der Waals surface area contributed by atoms with Gasteiger partial charge >= 0.3 is 0 Å². The minimum absolute atomic E-state index is 0.0639. The fourth-order valence-corrected chi connectivity index (χ4v) is 5.73. The molecular formula is C19H23N3O5S2. The van der Waals surface area contributed by atoms with Crippen molar-refractivity contribution < 1.29 is 22.7 Å². The quantitative estimate of drug-likeness (QED) is 0.699. The van der Waals surface area contributed by atoms with E-state index in [1.165, 1.54) is 41.0 Å². The maximum Gasteiger partial charge on any atom is 0.279 e. The van der Waals surface area contributed by atoms with Gasteiger partial charge in [-0.1, -0.05) is 12.5 Å². The number of hydrogen-bond acceptors (Lipinski definition) is 6. The second-order valence-electron chi connectivity index (χ2n) is 6.71. The molecule has 1 aromatic carbocycles. The number of thiophene rings is 1. The Morgan fingerprint density at radius 2 is 1.93 bits per heavy atom. The molecule has 0 aliphatic carbocycles. The lowest BCUT2D eigenvalue weighted by Crippen LogP contribution is -2.42. The van der Waals surface area contributed by atoms with E-state index in [1.54, 1.807) is 17.5 Å². The molecule has 1 aromatic heterocycles. The van der Waals surface area contributed by atoms with Crippen LogP contribution in [-0.2, 0) is 10.0 Å². The Bertz CT molecular complexity index is 989. The number of rotatable bonds is 5. The number of hydrogen-bond donors (Lipinski definition) is 2. The Kier molecular flexibility index (Phi) is 6.56. The van der Waals surface area contributed by atoms with E-state index >= 15 is 0 Å². The van der Waals surface area contributed by atoms with Crippen molar-refractivity contribution in [2.45, 2.75) is 37.1 Å². The van der Waals surface area contributed by atoms with Crippen LogP contribution >= 0.6 is 11.3 Å². The predicted octanol–water partition coefficient (Wildman–Crippen LogP) is 2.39. The maximum atomic E-state index is 13.2. The van der Waals surface area contributed by atoms with Gasteiger partial charge in [0.2, 0.25) is 10.0 Å². The van der Waals surface area contributed by atoms with Crippen LogP contribution in [0.2, 0.25) is 0 Å². The lowest BCUT2D eigenvalue weighted by Gasteiger charge is -2.32. The number of hydrazine groups is 1. The number of nitrogens with zero attached hydrogens (tertiary/aromatic N) is 1. The Morgan fingerprint density at radius 1 is 1.17 bits per heavy atom. The number of sulfonamides is 1. The van der Waals surface area contributed by atoms with Gasteiger partial charge in [-0.05, 0) is 49.4 Å². The maximum absolute atomic E-state index is 13.2. The number of amides is 2. The number of methoxy groups -OCH3 is 1. The summed E-state index contributed by atoms with van der Waals surface area (Å²) in [6.45, 7) is 2.31.